The van der Waals surface area contributed by atoms with E-state index in [0.717, 1.165) is 36.7 Å². The molecule has 1 fully saturated rings. The maximum Gasteiger partial charge on any atom is 0.357 e. The maximum absolute atomic E-state index is 12.7. The van der Waals surface area contributed by atoms with Crippen molar-refractivity contribution in [2.75, 3.05) is 25.0 Å². The summed E-state index contributed by atoms with van der Waals surface area (Å²) in [5, 5.41) is 12.5. The smallest absolute Gasteiger partial charge is 0.357 e. The Kier molecular flexibility index (Phi) is 8.65. The molecular weight excluding hydrogens is 436 g/mol. The van der Waals surface area contributed by atoms with Crippen LogP contribution in [0.15, 0.2) is 53.5 Å². The number of esters is 1. The molecule has 1 aliphatic heterocycles. The van der Waals surface area contributed by atoms with E-state index in [1.807, 2.05) is 12.1 Å². The van der Waals surface area contributed by atoms with E-state index in [2.05, 4.69) is 40.4 Å². The van der Waals surface area contributed by atoms with Crippen molar-refractivity contribution >= 4 is 34.5 Å². The highest BCUT2D eigenvalue weighted by Gasteiger charge is 2.12. The Balaban J connectivity index is 1.90. The molecule has 8 heteroatoms. The number of nitrogens with one attached hydrogen (secondary N) is 1. The maximum atomic E-state index is 12.7. The topological polar surface area (TPSA) is 87.4 Å². The van der Waals surface area contributed by atoms with Crippen LogP contribution in [-0.4, -0.2) is 35.1 Å². The number of benzene rings is 1. The Hall–Kier alpha value is -3.59. The van der Waals surface area contributed by atoms with Crippen LogP contribution in [0.1, 0.15) is 25.3 Å². The first kappa shape index (κ1) is 24.1. The number of carbonyl (C=O) groups excluding carboxylic acids is 1. The number of aromatic nitrogens is 1. The number of carbonyl (C=O) groups is 1. The molecule has 0 radical (unpaired) electrons. The van der Waals surface area contributed by atoms with Gasteiger partial charge in [0.15, 0.2) is 5.57 Å². The van der Waals surface area contributed by atoms with E-state index in [4.69, 9.17) is 4.74 Å². The average molecular weight is 463 g/mol. The van der Waals surface area contributed by atoms with Gasteiger partial charge in [0.25, 0.3) is 5.56 Å². The van der Waals surface area contributed by atoms with Crippen LogP contribution in [0.2, 0.25) is 0 Å². The summed E-state index contributed by atoms with van der Waals surface area (Å²) in [4.78, 5) is 27.1. The highest BCUT2D eigenvalue weighted by Crippen LogP contribution is 2.16. The van der Waals surface area contributed by atoms with E-state index in [1.165, 1.54) is 29.0 Å². The van der Waals surface area contributed by atoms with E-state index in [9.17, 15) is 14.9 Å². The summed E-state index contributed by atoms with van der Waals surface area (Å²) in [6, 6.07) is 9.94. The third-order valence-corrected chi connectivity index (χ3v) is 6.07. The van der Waals surface area contributed by atoms with Crippen LogP contribution in [-0.2, 0) is 22.6 Å². The minimum absolute atomic E-state index is 0.0105. The Bertz CT molecular complexity index is 1310. The number of ether oxygens (including phenoxy) is 1. The highest BCUT2D eigenvalue weighted by molar-refractivity contribution is 7.07. The predicted molar refractivity (Wildman–Crippen MR) is 130 cm³/mol. The van der Waals surface area contributed by atoms with Gasteiger partial charge in [-0.1, -0.05) is 47.6 Å². The van der Waals surface area contributed by atoms with Crippen LogP contribution in [0.25, 0.3) is 11.5 Å². The van der Waals surface area contributed by atoms with Gasteiger partial charge in [0.1, 0.15) is 21.9 Å². The molecule has 7 nitrogen and oxygen atoms in total. The molecule has 2 aromatic rings. The van der Waals surface area contributed by atoms with Gasteiger partial charge in [-0.05, 0) is 50.6 Å². The number of hydrogen-bond acceptors (Lipinski definition) is 7. The van der Waals surface area contributed by atoms with Gasteiger partial charge in [0.2, 0.25) is 0 Å². The summed E-state index contributed by atoms with van der Waals surface area (Å²) < 4.78 is 7.04. The molecule has 0 atom stereocenters. The number of nitriles is 1. The van der Waals surface area contributed by atoms with E-state index < -0.39 is 5.97 Å². The summed E-state index contributed by atoms with van der Waals surface area (Å²) in [6.45, 7) is 8.84. The normalized spacial score (nSPS) is 12.8. The van der Waals surface area contributed by atoms with Crippen molar-refractivity contribution in [3.05, 3.63) is 73.8 Å². The van der Waals surface area contributed by atoms with Crippen LogP contribution < -0.4 is 20.1 Å². The lowest BCUT2D eigenvalue weighted by molar-refractivity contribution is -0.137. The molecule has 2 heterocycles. The summed E-state index contributed by atoms with van der Waals surface area (Å²) in [6.07, 6.45) is 5.52. The number of hydrogen-bond donors (Lipinski definition) is 1. The fourth-order valence-corrected chi connectivity index (χ4v) is 4.45. The Labute approximate surface area is 196 Å². The van der Waals surface area contributed by atoms with Gasteiger partial charge < -0.3 is 10.1 Å². The van der Waals surface area contributed by atoms with Crippen molar-refractivity contribution in [3.63, 3.8) is 0 Å². The molecule has 0 spiro atoms. The Morgan fingerprint density at radius 3 is 2.85 bits per heavy atom. The molecule has 1 saturated heterocycles. The molecular formula is C25H26N4O3S. The number of rotatable bonds is 8. The lowest BCUT2D eigenvalue weighted by Gasteiger charge is -2.15. The molecule has 0 bridgehead atoms. The van der Waals surface area contributed by atoms with Crippen molar-refractivity contribution in [3.8, 4) is 6.07 Å². The SMILES string of the molecule is C=CCOC(=O)C(=C=c1sc(=C=CNc2cccc(CN3CCCC3)c2)c(=O)n1CC)C#N. The zero-order valence-electron chi connectivity index (χ0n) is 18.6. The van der Waals surface area contributed by atoms with Crippen LogP contribution >= 0.6 is 11.3 Å². The second-order valence-corrected chi connectivity index (χ2v) is 8.40. The zero-order valence-corrected chi connectivity index (χ0v) is 19.4. The fourth-order valence-electron chi connectivity index (χ4n) is 3.46. The molecule has 170 valence electrons. The summed E-state index contributed by atoms with van der Waals surface area (Å²) in [7, 11) is 0. The first-order chi connectivity index (χ1) is 16.0. The van der Waals surface area contributed by atoms with Gasteiger partial charge >= 0.3 is 5.97 Å². The van der Waals surface area contributed by atoms with Crippen molar-refractivity contribution in [1.29, 1.82) is 5.26 Å². The predicted octanol–water partition coefficient (Wildman–Crippen LogP) is 2.09. The second-order valence-electron chi connectivity index (χ2n) is 7.40. The fraction of sp³-hybridized carbons (Fsp3) is 0.320. The summed E-state index contributed by atoms with van der Waals surface area (Å²) in [5.41, 5.74) is 7.28. The zero-order chi connectivity index (χ0) is 23.6. The van der Waals surface area contributed by atoms with Gasteiger partial charge in [0.05, 0.1) is 0 Å². The van der Waals surface area contributed by atoms with Crippen molar-refractivity contribution < 1.29 is 9.53 Å². The first-order valence-corrected chi connectivity index (χ1v) is 11.6. The summed E-state index contributed by atoms with van der Waals surface area (Å²) in [5.74, 6) is -0.808. The standard InChI is InChI=1S/C25H26N4O3S/c1-3-14-32-25(31)20(17-26)16-23-29(4-2)24(30)22(33-23)10-11-27-21-9-7-8-19(15-21)18-28-12-5-6-13-28/h3,7-9,11,15,27H,1,4-6,12-14,18H2,2H3. The average Bonchev–Trinajstić information content (AvgIpc) is 3.43. The van der Waals surface area contributed by atoms with Gasteiger partial charge in [0, 0.05) is 25.0 Å². The minimum atomic E-state index is -0.808. The van der Waals surface area contributed by atoms with Crippen LogP contribution in [0.5, 0.6) is 0 Å². The minimum Gasteiger partial charge on any atom is -0.457 e. The second kappa shape index (κ2) is 11.9. The molecule has 3 rings (SSSR count). The van der Waals surface area contributed by atoms with Gasteiger partial charge in [-0.15, -0.1) is 0 Å². The number of thiazole rings is 1. The van der Waals surface area contributed by atoms with Crippen molar-refractivity contribution in [1.82, 2.24) is 9.47 Å². The molecule has 33 heavy (non-hydrogen) atoms. The lowest BCUT2D eigenvalue weighted by atomic mass is 10.2. The monoisotopic (exact) mass is 462 g/mol. The first-order valence-electron chi connectivity index (χ1n) is 10.8. The van der Waals surface area contributed by atoms with E-state index in [1.54, 1.807) is 19.2 Å². The highest BCUT2D eigenvalue weighted by atomic mass is 32.1. The van der Waals surface area contributed by atoms with E-state index >= 15 is 0 Å². The Morgan fingerprint density at radius 1 is 1.36 bits per heavy atom. The van der Waals surface area contributed by atoms with E-state index in [-0.39, 0.29) is 17.7 Å². The third kappa shape index (κ3) is 6.45. The van der Waals surface area contributed by atoms with Crippen molar-refractivity contribution in [2.45, 2.75) is 32.9 Å². The molecule has 1 aromatic heterocycles. The Morgan fingerprint density at radius 2 is 2.15 bits per heavy atom. The summed E-state index contributed by atoms with van der Waals surface area (Å²) >= 11 is 1.11. The number of likely N-dealkylation sites (tertiary alicyclic amines) is 1. The molecule has 0 amide bonds. The van der Waals surface area contributed by atoms with Gasteiger partial charge in [-0.25, -0.2) is 4.79 Å². The van der Waals surface area contributed by atoms with Crippen LogP contribution in [0.4, 0.5) is 5.69 Å². The number of anilines is 1. The molecule has 0 saturated carbocycles. The van der Waals surface area contributed by atoms with Gasteiger partial charge in [-0.3, -0.25) is 14.3 Å². The van der Waals surface area contributed by atoms with Crippen LogP contribution in [0.3, 0.4) is 0 Å². The largest absolute Gasteiger partial charge is 0.457 e. The third-order valence-electron chi connectivity index (χ3n) is 5.05. The molecule has 1 N–H and O–H groups in total. The quantitative estimate of drug-likeness (QED) is 0.280. The van der Waals surface area contributed by atoms with Crippen LogP contribution in [0, 0.1) is 11.3 Å². The van der Waals surface area contributed by atoms with Crippen molar-refractivity contribution in [2.24, 2.45) is 0 Å². The molecule has 1 aromatic carbocycles. The molecule has 0 aliphatic carbocycles. The van der Waals surface area contributed by atoms with Gasteiger partial charge in [-0.2, -0.15) is 5.26 Å². The lowest BCUT2D eigenvalue weighted by Crippen LogP contribution is -2.30. The molecule has 1 aliphatic rings. The molecule has 0 unspecified atom stereocenters. The van der Waals surface area contributed by atoms with E-state index in [0.29, 0.717) is 15.7 Å². The number of nitrogens with zero attached hydrogens (tertiary/aromatic N) is 3.